The first-order valence-corrected chi connectivity index (χ1v) is 15.0. The summed E-state index contributed by atoms with van der Waals surface area (Å²) in [6, 6.07) is 14.8. The third-order valence-corrected chi connectivity index (χ3v) is 8.73. The Morgan fingerprint density at radius 3 is 2.25 bits per heavy atom. The van der Waals surface area contributed by atoms with Crippen LogP contribution < -0.4 is 9.62 Å². The summed E-state index contributed by atoms with van der Waals surface area (Å²) in [5.41, 5.74) is 1.49. The molecule has 0 bridgehead atoms. The van der Waals surface area contributed by atoms with E-state index in [1.54, 1.807) is 31.2 Å². The minimum atomic E-state index is -4.24. The van der Waals surface area contributed by atoms with Crippen LogP contribution in [0.15, 0.2) is 71.6 Å². The number of hydrogen-bond donors (Lipinski definition) is 1. The second kappa shape index (κ2) is 14.0. The fraction of sp³-hybridized carbons (Fsp3) is 0.310. The number of carbonyl (C=O) groups is 2. The van der Waals surface area contributed by atoms with Gasteiger partial charge in [0.25, 0.3) is 10.0 Å². The average Bonchev–Trinajstić information content (AvgIpc) is 2.91. The van der Waals surface area contributed by atoms with E-state index in [9.17, 15) is 22.4 Å². The minimum Gasteiger partial charge on any atom is -0.354 e. The van der Waals surface area contributed by atoms with E-state index in [4.69, 9.17) is 23.2 Å². The third-order valence-electron chi connectivity index (χ3n) is 6.36. The molecule has 0 aliphatic carbocycles. The molecule has 7 nitrogen and oxygen atoms in total. The number of nitrogens with zero attached hydrogens (tertiary/aromatic N) is 2. The Labute approximate surface area is 244 Å². The molecule has 3 rings (SSSR count). The number of halogens is 3. The van der Waals surface area contributed by atoms with Crippen LogP contribution in [0.3, 0.4) is 0 Å². The number of sulfonamides is 1. The highest BCUT2D eigenvalue weighted by molar-refractivity contribution is 7.92. The van der Waals surface area contributed by atoms with Gasteiger partial charge in [-0.05, 0) is 74.4 Å². The van der Waals surface area contributed by atoms with Gasteiger partial charge in [-0.2, -0.15) is 0 Å². The molecule has 0 radical (unpaired) electrons. The van der Waals surface area contributed by atoms with E-state index >= 15 is 0 Å². The summed E-state index contributed by atoms with van der Waals surface area (Å²) in [7, 11) is -4.24. The Hall–Kier alpha value is -3.14. The highest BCUT2D eigenvalue weighted by atomic mass is 35.5. The number of hydrogen-bond acceptors (Lipinski definition) is 4. The zero-order valence-corrected chi connectivity index (χ0v) is 24.9. The topological polar surface area (TPSA) is 86.8 Å². The van der Waals surface area contributed by atoms with Gasteiger partial charge in [0.15, 0.2) is 0 Å². The number of rotatable bonds is 12. The molecule has 3 aromatic rings. The summed E-state index contributed by atoms with van der Waals surface area (Å²) in [5.74, 6) is -1.59. The van der Waals surface area contributed by atoms with E-state index in [1.165, 1.54) is 35.2 Å². The van der Waals surface area contributed by atoms with Gasteiger partial charge in [-0.1, -0.05) is 60.3 Å². The van der Waals surface area contributed by atoms with Crippen molar-refractivity contribution in [1.82, 2.24) is 10.2 Å². The molecule has 0 aromatic heterocycles. The van der Waals surface area contributed by atoms with E-state index in [0.29, 0.717) is 22.2 Å². The summed E-state index contributed by atoms with van der Waals surface area (Å²) in [6.45, 7) is 5.11. The average molecular weight is 609 g/mol. The number of unbranched alkanes of at least 4 members (excludes halogenated alkanes) is 1. The van der Waals surface area contributed by atoms with Gasteiger partial charge in [0.05, 0.1) is 10.6 Å². The van der Waals surface area contributed by atoms with Crippen LogP contribution in [0, 0.1) is 12.7 Å². The fourth-order valence-corrected chi connectivity index (χ4v) is 5.81. The van der Waals surface area contributed by atoms with Crippen molar-refractivity contribution in [3.8, 4) is 0 Å². The van der Waals surface area contributed by atoms with Gasteiger partial charge >= 0.3 is 0 Å². The van der Waals surface area contributed by atoms with Crippen LogP contribution in [-0.4, -0.2) is 44.3 Å². The van der Waals surface area contributed by atoms with E-state index in [-0.39, 0.29) is 23.0 Å². The lowest BCUT2D eigenvalue weighted by Gasteiger charge is -2.32. The molecule has 1 unspecified atom stereocenters. The van der Waals surface area contributed by atoms with Gasteiger partial charge < -0.3 is 10.2 Å². The first-order valence-electron chi connectivity index (χ1n) is 12.8. The Kier molecular flexibility index (Phi) is 11.0. The molecule has 0 fully saturated rings. The third kappa shape index (κ3) is 7.96. The number of nitrogens with one attached hydrogen (secondary N) is 1. The second-order valence-electron chi connectivity index (χ2n) is 9.38. The van der Waals surface area contributed by atoms with Gasteiger partial charge in [0.1, 0.15) is 18.4 Å². The standard InChI is InChI=1S/C29H32Cl2FN3O4S/c1-4-5-16-33-29(37)21(3)34(18-22-8-9-23(30)17-27(22)31)28(36)19-35(25-12-10-24(32)11-13-25)40(38,39)26-14-6-20(2)7-15-26/h6-15,17,21H,4-5,16,18-19H2,1-3H3,(H,33,37). The first kappa shape index (κ1) is 31.4. The maximum Gasteiger partial charge on any atom is 0.264 e. The van der Waals surface area contributed by atoms with Crippen molar-refractivity contribution in [1.29, 1.82) is 0 Å². The molecule has 1 atom stereocenters. The van der Waals surface area contributed by atoms with Crippen LogP contribution in [0.4, 0.5) is 10.1 Å². The zero-order valence-electron chi connectivity index (χ0n) is 22.5. The lowest BCUT2D eigenvalue weighted by atomic mass is 10.1. The smallest absolute Gasteiger partial charge is 0.264 e. The molecule has 1 N–H and O–H groups in total. The normalized spacial score (nSPS) is 12.1. The van der Waals surface area contributed by atoms with Crippen molar-refractivity contribution in [2.24, 2.45) is 0 Å². The number of carbonyl (C=O) groups excluding carboxylic acids is 2. The van der Waals surface area contributed by atoms with Crippen molar-refractivity contribution in [3.63, 3.8) is 0 Å². The monoisotopic (exact) mass is 607 g/mol. The van der Waals surface area contributed by atoms with Crippen molar-refractivity contribution >= 4 is 50.7 Å². The second-order valence-corrected chi connectivity index (χ2v) is 12.1. The highest BCUT2D eigenvalue weighted by Crippen LogP contribution is 2.27. The van der Waals surface area contributed by atoms with Crippen LogP contribution in [0.1, 0.15) is 37.8 Å². The molecule has 3 aromatic carbocycles. The summed E-state index contributed by atoms with van der Waals surface area (Å²) < 4.78 is 42.2. The van der Waals surface area contributed by atoms with E-state index in [0.717, 1.165) is 34.8 Å². The molecule has 2 amide bonds. The minimum absolute atomic E-state index is 0.0344. The molecular weight excluding hydrogens is 576 g/mol. The molecule has 11 heteroatoms. The largest absolute Gasteiger partial charge is 0.354 e. The van der Waals surface area contributed by atoms with Crippen molar-refractivity contribution < 1.29 is 22.4 Å². The Morgan fingerprint density at radius 1 is 1.00 bits per heavy atom. The molecule has 0 heterocycles. The fourth-order valence-electron chi connectivity index (χ4n) is 3.93. The summed E-state index contributed by atoms with van der Waals surface area (Å²) in [4.78, 5) is 28.1. The lowest BCUT2D eigenvalue weighted by molar-refractivity contribution is -0.139. The SMILES string of the molecule is CCCCNC(=O)C(C)N(Cc1ccc(Cl)cc1Cl)C(=O)CN(c1ccc(F)cc1)S(=O)(=O)c1ccc(C)cc1. The van der Waals surface area contributed by atoms with Crippen molar-refractivity contribution in [2.45, 2.75) is 51.1 Å². The Bertz CT molecular complexity index is 1430. The van der Waals surface area contributed by atoms with Crippen molar-refractivity contribution in [3.05, 3.63) is 93.7 Å². The van der Waals surface area contributed by atoms with Gasteiger partial charge in [-0.3, -0.25) is 13.9 Å². The van der Waals surface area contributed by atoms with E-state index < -0.39 is 34.3 Å². The molecule has 0 aliphatic rings. The zero-order chi connectivity index (χ0) is 29.4. The van der Waals surface area contributed by atoms with E-state index in [2.05, 4.69) is 5.32 Å². The van der Waals surface area contributed by atoms with Crippen LogP contribution in [0.25, 0.3) is 0 Å². The number of benzene rings is 3. The molecule has 0 saturated heterocycles. The van der Waals surface area contributed by atoms with Crippen LogP contribution >= 0.6 is 23.2 Å². The van der Waals surface area contributed by atoms with Crippen LogP contribution in [-0.2, 0) is 26.2 Å². The highest BCUT2D eigenvalue weighted by Gasteiger charge is 2.32. The summed E-state index contributed by atoms with van der Waals surface area (Å²) in [6.07, 6.45) is 1.64. The first-order chi connectivity index (χ1) is 18.9. The van der Waals surface area contributed by atoms with Crippen molar-refractivity contribution in [2.75, 3.05) is 17.4 Å². The predicted molar refractivity (Wildman–Crippen MR) is 157 cm³/mol. The lowest BCUT2D eigenvalue weighted by Crippen LogP contribution is -2.51. The molecule has 40 heavy (non-hydrogen) atoms. The van der Waals surface area contributed by atoms with Gasteiger partial charge in [0, 0.05) is 23.1 Å². The molecule has 0 spiro atoms. The number of amides is 2. The Morgan fingerprint density at radius 2 is 1.65 bits per heavy atom. The predicted octanol–water partition coefficient (Wildman–Crippen LogP) is 5.97. The molecule has 0 aliphatic heterocycles. The molecular formula is C29H32Cl2FN3O4S. The van der Waals surface area contributed by atoms with Gasteiger partial charge in [-0.15, -0.1) is 0 Å². The Balaban J connectivity index is 2.01. The maximum absolute atomic E-state index is 13.9. The van der Waals surface area contributed by atoms with E-state index in [1.807, 2.05) is 13.8 Å². The molecule has 214 valence electrons. The van der Waals surface area contributed by atoms with Gasteiger partial charge in [0.2, 0.25) is 11.8 Å². The quantitative estimate of drug-likeness (QED) is 0.257. The summed E-state index contributed by atoms with van der Waals surface area (Å²) in [5, 5.41) is 3.52. The summed E-state index contributed by atoms with van der Waals surface area (Å²) >= 11 is 12.4. The van der Waals surface area contributed by atoms with Crippen LogP contribution in [0.5, 0.6) is 0 Å². The molecule has 0 saturated carbocycles. The van der Waals surface area contributed by atoms with Crippen LogP contribution in [0.2, 0.25) is 10.0 Å². The number of anilines is 1. The maximum atomic E-state index is 13.9. The van der Waals surface area contributed by atoms with Gasteiger partial charge in [-0.25, -0.2) is 12.8 Å². The number of aryl methyl sites for hydroxylation is 1.